The Labute approximate surface area is 276 Å². The molecule has 47 heavy (non-hydrogen) atoms. The lowest BCUT2D eigenvalue weighted by Gasteiger charge is -2.34. The molecule has 0 saturated heterocycles. The van der Waals surface area contributed by atoms with Crippen LogP contribution in [0.4, 0.5) is 10.1 Å². The van der Waals surface area contributed by atoms with Gasteiger partial charge in [-0.3, -0.25) is 13.9 Å². The zero-order valence-electron chi connectivity index (χ0n) is 26.8. The Morgan fingerprint density at radius 2 is 1.47 bits per heavy atom. The zero-order chi connectivity index (χ0) is 33.8. The first-order valence-electron chi connectivity index (χ1n) is 15.3. The van der Waals surface area contributed by atoms with Crippen LogP contribution in [0.1, 0.15) is 30.9 Å². The van der Waals surface area contributed by atoms with E-state index in [0.717, 1.165) is 22.7 Å². The van der Waals surface area contributed by atoms with Crippen molar-refractivity contribution in [3.63, 3.8) is 0 Å². The van der Waals surface area contributed by atoms with Gasteiger partial charge in [0.05, 0.1) is 24.8 Å². The molecule has 4 rings (SSSR count). The molecule has 1 N–H and O–H groups in total. The summed E-state index contributed by atoms with van der Waals surface area (Å²) in [5.74, 6) is -0.878. The average molecular weight is 662 g/mol. The van der Waals surface area contributed by atoms with Crippen molar-refractivity contribution >= 4 is 27.5 Å². The Morgan fingerprint density at radius 3 is 2.09 bits per heavy atom. The summed E-state index contributed by atoms with van der Waals surface area (Å²) in [4.78, 5) is 29.5. The maximum Gasteiger partial charge on any atom is 0.264 e. The number of nitrogens with one attached hydrogen (secondary N) is 1. The van der Waals surface area contributed by atoms with Gasteiger partial charge in [-0.05, 0) is 53.9 Å². The van der Waals surface area contributed by atoms with Crippen LogP contribution in [-0.2, 0) is 32.6 Å². The van der Waals surface area contributed by atoms with E-state index >= 15 is 0 Å². The Hall–Kier alpha value is -4.90. The molecule has 0 heterocycles. The molecule has 0 saturated carbocycles. The molecule has 0 aromatic heterocycles. The number of benzene rings is 4. The zero-order valence-corrected chi connectivity index (χ0v) is 27.6. The molecule has 4 aromatic carbocycles. The lowest BCUT2D eigenvalue weighted by molar-refractivity contribution is -0.140. The minimum atomic E-state index is -4.34. The van der Waals surface area contributed by atoms with Crippen LogP contribution in [0.3, 0.4) is 0 Å². The van der Waals surface area contributed by atoms with Crippen LogP contribution in [0, 0.1) is 5.82 Å². The molecular formula is C36H40FN3O6S. The fourth-order valence-corrected chi connectivity index (χ4v) is 6.50. The molecule has 0 unspecified atom stereocenters. The van der Waals surface area contributed by atoms with Crippen LogP contribution >= 0.6 is 0 Å². The van der Waals surface area contributed by atoms with Gasteiger partial charge in [-0.15, -0.1) is 0 Å². The molecule has 0 radical (unpaired) electrons. The van der Waals surface area contributed by atoms with Crippen LogP contribution in [-0.4, -0.2) is 58.5 Å². The molecule has 248 valence electrons. The molecule has 0 aliphatic carbocycles. The number of anilines is 1. The van der Waals surface area contributed by atoms with Crippen molar-refractivity contribution in [1.29, 1.82) is 0 Å². The van der Waals surface area contributed by atoms with Crippen LogP contribution < -0.4 is 19.1 Å². The fourth-order valence-electron chi connectivity index (χ4n) is 5.07. The molecule has 2 amide bonds. The summed E-state index contributed by atoms with van der Waals surface area (Å²) in [6.45, 7) is 1.75. The number of carbonyl (C=O) groups is 2. The number of methoxy groups -OCH3 is 2. The van der Waals surface area contributed by atoms with E-state index in [0.29, 0.717) is 17.9 Å². The number of amides is 2. The van der Waals surface area contributed by atoms with Gasteiger partial charge >= 0.3 is 0 Å². The lowest BCUT2D eigenvalue weighted by Crippen LogP contribution is -2.53. The van der Waals surface area contributed by atoms with Crippen molar-refractivity contribution in [2.45, 2.75) is 43.7 Å². The maximum absolute atomic E-state index is 14.5. The second-order valence-electron chi connectivity index (χ2n) is 10.9. The highest BCUT2D eigenvalue weighted by molar-refractivity contribution is 7.92. The van der Waals surface area contributed by atoms with Gasteiger partial charge in [0.2, 0.25) is 11.8 Å². The van der Waals surface area contributed by atoms with Crippen LogP contribution in [0.2, 0.25) is 0 Å². The number of unbranched alkanes of at least 4 members (excludes halogenated alkanes) is 1. The maximum atomic E-state index is 14.5. The largest absolute Gasteiger partial charge is 0.493 e. The number of hydrogen-bond acceptors (Lipinski definition) is 6. The normalized spacial score (nSPS) is 11.7. The van der Waals surface area contributed by atoms with Crippen molar-refractivity contribution in [3.8, 4) is 11.5 Å². The first-order valence-corrected chi connectivity index (χ1v) is 16.8. The second-order valence-corrected chi connectivity index (χ2v) is 12.7. The number of para-hydroxylation sites is 1. The highest BCUT2D eigenvalue weighted by atomic mass is 32.2. The third-order valence-electron chi connectivity index (χ3n) is 7.63. The summed E-state index contributed by atoms with van der Waals surface area (Å²) in [5.41, 5.74) is 1.65. The van der Waals surface area contributed by atoms with Gasteiger partial charge in [0.15, 0.2) is 11.5 Å². The number of halogens is 1. The summed E-state index contributed by atoms with van der Waals surface area (Å²) in [5, 5.41) is 2.95. The summed E-state index contributed by atoms with van der Waals surface area (Å²) in [6, 6.07) is 26.4. The van der Waals surface area contributed by atoms with Gasteiger partial charge in [-0.2, -0.15) is 0 Å². The summed E-state index contributed by atoms with van der Waals surface area (Å²) < 4.78 is 54.0. The van der Waals surface area contributed by atoms with Gasteiger partial charge in [-0.25, -0.2) is 12.8 Å². The Balaban J connectivity index is 1.79. The van der Waals surface area contributed by atoms with Gasteiger partial charge in [0.25, 0.3) is 10.0 Å². The number of rotatable bonds is 16. The molecule has 1 atom stereocenters. The molecule has 4 aromatic rings. The third kappa shape index (κ3) is 9.10. The van der Waals surface area contributed by atoms with Gasteiger partial charge in [0, 0.05) is 25.6 Å². The SMILES string of the molecule is CCCCNC(=O)[C@@H](Cc1ccccc1)N(Cc1ccc(F)cc1)C(=O)CN(c1ccccc1)S(=O)(=O)c1ccc(OC)c(OC)c1. The van der Waals surface area contributed by atoms with E-state index in [1.165, 1.54) is 49.5 Å². The molecule has 0 spiro atoms. The highest BCUT2D eigenvalue weighted by Crippen LogP contribution is 2.32. The standard InChI is InChI=1S/C36H40FN3O6S/c1-4-5-22-38-36(42)32(23-27-12-8-6-9-13-27)39(25-28-16-18-29(37)19-17-28)35(41)26-40(30-14-10-7-11-15-30)47(43,44)31-20-21-33(45-2)34(24-31)46-3/h6-21,24,32H,4-5,22-23,25-26H2,1-3H3,(H,38,42)/t32-/m1/s1. The molecule has 0 bridgehead atoms. The quantitative estimate of drug-likeness (QED) is 0.157. The topological polar surface area (TPSA) is 105 Å². The van der Waals surface area contributed by atoms with Crippen molar-refractivity contribution in [3.05, 3.63) is 120 Å². The highest BCUT2D eigenvalue weighted by Gasteiger charge is 2.35. The van der Waals surface area contributed by atoms with Gasteiger partial charge in [-0.1, -0.05) is 74.0 Å². The predicted octanol–water partition coefficient (Wildman–Crippen LogP) is 5.59. The van der Waals surface area contributed by atoms with E-state index in [9.17, 15) is 22.4 Å². The number of carbonyl (C=O) groups excluding carboxylic acids is 2. The smallest absolute Gasteiger partial charge is 0.264 e. The van der Waals surface area contributed by atoms with E-state index in [2.05, 4.69) is 5.32 Å². The Morgan fingerprint density at radius 1 is 0.830 bits per heavy atom. The third-order valence-corrected chi connectivity index (χ3v) is 9.40. The minimum Gasteiger partial charge on any atom is -0.493 e. The van der Waals surface area contributed by atoms with E-state index in [1.807, 2.05) is 37.3 Å². The molecule has 0 aliphatic heterocycles. The molecular weight excluding hydrogens is 621 g/mol. The molecule has 11 heteroatoms. The monoisotopic (exact) mass is 661 g/mol. The number of nitrogens with zero attached hydrogens (tertiary/aromatic N) is 2. The van der Waals surface area contributed by atoms with E-state index in [1.54, 1.807) is 42.5 Å². The van der Waals surface area contributed by atoms with E-state index < -0.39 is 34.3 Å². The number of hydrogen-bond donors (Lipinski definition) is 1. The lowest BCUT2D eigenvalue weighted by atomic mass is 10.0. The predicted molar refractivity (Wildman–Crippen MR) is 179 cm³/mol. The molecule has 0 fully saturated rings. The average Bonchev–Trinajstić information content (AvgIpc) is 3.09. The van der Waals surface area contributed by atoms with Crippen LogP contribution in [0.5, 0.6) is 11.5 Å². The van der Waals surface area contributed by atoms with Crippen molar-refractivity contribution in [1.82, 2.24) is 10.2 Å². The van der Waals surface area contributed by atoms with Crippen molar-refractivity contribution in [2.24, 2.45) is 0 Å². The van der Waals surface area contributed by atoms with Crippen molar-refractivity contribution < 1.29 is 31.9 Å². The summed E-state index contributed by atoms with van der Waals surface area (Å²) in [6.07, 6.45) is 1.79. The van der Waals surface area contributed by atoms with Crippen molar-refractivity contribution in [2.75, 3.05) is 31.6 Å². The molecule has 0 aliphatic rings. The first kappa shape index (κ1) is 35.0. The second kappa shape index (κ2) is 16.6. The Kier molecular flexibility index (Phi) is 12.3. The summed E-state index contributed by atoms with van der Waals surface area (Å²) >= 11 is 0. The van der Waals surface area contributed by atoms with E-state index in [4.69, 9.17) is 9.47 Å². The first-order chi connectivity index (χ1) is 22.7. The Bertz CT molecular complexity index is 1720. The minimum absolute atomic E-state index is 0.0587. The fraction of sp³-hybridized carbons (Fsp3) is 0.278. The number of sulfonamides is 1. The van der Waals surface area contributed by atoms with Gasteiger partial charge < -0.3 is 19.7 Å². The molecule has 9 nitrogen and oxygen atoms in total. The summed E-state index contributed by atoms with van der Waals surface area (Å²) in [7, 11) is -1.49. The number of ether oxygens (including phenoxy) is 2. The van der Waals surface area contributed by atoms with Crippen LogP contribution in [0.15, 0.2) is 108 Å². The van der Waals surface area contributed by atoms with Crippen LogP contribution in [0.25, 0.3) is 0 Å². The van der Waals surface area contributed by atoms with E-state index in [-0.39, 0.29) is 35.2 Å². The van der Waals surface area contributed by atoms with Gasteiger partial charge in [0.1, 0.15) is 18.4 Å².